The number of ether oxygens (including phenoxy) is 6. The van der Waals surface area contributed by atoms with Gasteiger partial charge in [0, 0.05) is 37.7 Å². The minimum atomic E-state index is -1.17. The van der Waals surface area contributed by atoms with Crippen LogP contribution in [0.4, 0.5) is 0 Å². The van der Waals surface area contributed by atoms with E-state index in [0.29, 0.717) is 17.9 Å². The van der Waals surface area contributed by atoms with E-state index in [0.717, 1.165) is 36.1 Å². The van der Waals surface area contributed by atoms with Crippen LogP contribution in [0.3, 0.4) is 0 Å². The van der Waals surface area contributed by atoms with Gasteiger partial charge in [-0.05, 0) is 49.7 Å². The molecule has 2 aromatic rings. The summed E-state index contributed by atoms with van der Waals surface area (Å²) in [5, 5.41) is 0. The van der Waals surface area contributed by atoms with Crippen LogP contribution in [-0.4, -0.2) is 76.4 Å². The number of likely N-dealkylation sites (tertiary alicyclic amines) is 1. The average Bonchev–Trinajstić information content (AvgIpc) is 3.45. The topological polar surface area (TPSA) is 75.7 Å². The molecule has 2 bridgehead atoms. The van der Waals surface area contributed by atoms with E-state index in [9.17, 15) is 4.79 Å². The standard InChI is InChI=1S/C30H35NO7/c1-31-16-15-28-17-23(37-24(32)14-11-19-9-7-6-8-10-19)27(35-4)30(36-5)29(28,31)18-22(38-30)20-12-13-21(33-2)26(34-3)25(20)28/h6-14,22-23,27H,15-18H2,1-5H3/b14-11+/t22-,23+,27+,28+,29+,30+/m0/s1. The van der Waals surface area contributed by atoms with Crippen LogP contribution in [-0.2, 0) is 29.2 Å². The quantitative estimate of drug-likeness (QED) is 0.402. The molecule has 3 fully saturated rings. The van der Waals surface area contributed by atoms with E-state index in [2.05, 4.69) is 18.0 Å². The zero-order valence-corrected chi connectivity index (χ0v) is 22.6. The molecule has 2 aromatic carbocycles. The van der Waals surface area contributed by atoms with E-state index >= 15 is 0 Å². The van der Waals surface area contributed by atoms with Gasteiger partial charge in [0.15, 0.2) is 11.5 Å². The second-order valence-electron chi connectivity index (χ2n) is 10.6. The Bertz CT molecular complexity index is 1260. The Hall–Kier alpha value is -2.91. The van der Waals surface area contributed by atoms with Crippen molar-refractivity contribution >= 4 is 12.0 Å². The summed E-state index contributed by atoms with van der Waals surface area (Å²) in [6, 6.07) is 13.7. The number of carbonyl (C=O) groups excluding carboxylic acids is 1. The fraction of sp³-hybridized carbons (Fsp3) is 0.500. The molecule has 0 aromatic heterocycles. The summed E-state index contributed by atoms with van der Waals surface area (Å²) in [5.41, 5.74) is 2.02. The number of esters is 1. The second kappa shape index (κ2) is 9.09. The van der Waals surface area contributed by atoms with Crippen LogP contribution in [0, 0.1) is 0 Å². The summed E-state index contributed by atoms with van der Waals surface area (Å²) in [6.07, 6.45) is 3.84. The number of fused-ring (bicyclic) bond motifs is 3. The smallest absolute Gasteiger partial charge is 0.331 e. The maximum atomic E-state index is 13.2. The lowest BCUT2D eigenvalue weighted by atomic mass is 9.50. The minimum absolute atomic E-state index is 0.233. The first-order valence-electron chi connectivity index (χ1n) is 13.1. The monoisotopic (exact) mass is 521 g/mol. The number of benzene rings is 2. The van der Waals surface area contributed by atoms with Crippen molar-refractivity contribution in [1.29, 1.82) is 0 Å². The van der Waals surface area contributed by atoms with Crippen molar-refractivity contribution in [2.75, 3.05) is 42.0 Å². The van der Waals surface area contributed by atoms with Crippen molar-refractivity contribution in [3.8, 4) is 11.5 Å². The highest BCUT2D eigenvalue weighted by Crippen LogP contribution is 2.73. The molecular formula is C30H35NO7. The Labute approximate surface area is 223 Å². The van der Waals surface area contributed by atoms with Gasteiger partial charge in [-0.1, -0.05) is 36.4 Å². The van der Waals surface area contributed by atoms with Gasteiger partial charge in [0.25, 0.3) is 0 Å². The van der Waals surface area contributed by atoms with Crippen LogP contribution in [0.1, 0.15) is 42.1 Å². The van der Waals surface area contributed by atoms with E-state index in [4.69, 9.17) is 28.4 Å². The highest BCUT2D eigenvalue weighted by atomic mass is 16.7. The molecule has 1 spiro atoms. The molecule has 0 radical (unpaired) electrons. The predicted octanol–water partition coefficient (Wildman–Crippen LogP) is 3.88. The molecule has 6 atom stereocenters. The lowest BCUT2D eigenvalue weighted by molar-refractivity contribution is -0.339. The van der Waals surface area contributed by atoms with E-state index in [-0.39, 0.29) is 6.10 Å². The third-order valence-corrected chi connectivity index (χ3v) is 9.39. The summed E-state index contributed by atoms with van der Waals surface area (Å²) in [6.45, 7) is 0.825. The zero-order chi connectivity index (χ0) is 26.7. The van der Waals surface area contributed by atoms with Gasteiger partial charge in [0.1, 0.15) is 12.2 Å². The molecule has 2 aliphatic carbocycles. The number of carbonyl (C=O) groups is 1. The highest BCUT2D eigenvalue weighted by molar-refractivity contribution is 5.87. The molecule has 0 unspecified atom stereocenters. The molecule has 2 heterocycles. The lowest BCUT2D eigenvalue weighted by Gasteiger charge is -2.61. The molecule has 8 nitrogen and oxygen atoms in total. The van der Waals surface area contributed by atoms with Crippen LogP contribution in [0.15, 0.2) is 48.5 Å². The largest absolute Gasteiger partial charge is 0.493 e. The van der Waals surface area contributed by atoms with Gasteiger partial charge < -0.3 is 28.4 Å². The Morgan fingerprint density at radius 3 is 2.53 bits per heavy atom. The Morgan fingerprint density at radius 2 is 1.84 bits per heavy atom. The van der Waals surface area contributed by atoms with Gasteiger partial charge in [-0.2, -0.15) is 0 Å². The van der Waals surface area contributed by atoms with Crippen molar-refractivity contribution < 1.29 is 33.2 Å². The Morgan fingerprint density at radius 1 is 1.05 bits per heavy atom. The van der Waals surface area contributed by atoms with Gasteiger partial charge in [-0.15, -0.1) is 0 Å². The summed E-state index contributed by atoms with van der Waals surface area (Å²) < 4.78 is 37.3. The molecule has 202 valence electrons. The minimum Gasteiger partial charge on any atom is -0.493 e. The fourth-order valence-electron chi connectivity index (χ4n) is 8.07. The van der Waals surface area contributed by atoms with Crippen molar-refractivity contribution in [2.24, 2.45) is 0 Å². The molecule has 4 aliphatic rings. The third-order valence-electron chi connectivity index (χ3n) is 9.39. The van der Waals surface area contributed by atoms with Crippen molar-refractivity contribution in [1.82, 2.24) is 4.90 Å². The summed E-state index contributed by atoms with van der Waals surface area (Å²) >= 11 is 0. The van der Waals surface area contributed by atoms with E-state index in [1.165, 1.54) is 6.08 Å². The van der Waals surface area contributed by atoms with Crippen LogP contribution in [0.2, 0.25) is 0 Å². The molecule has 1 saturated carbocycles. The number of nitrogens with zero attached hydrogens (tertiary/aromatic N) is 1. The first-order valence-corrected chi connectivity index (χ1v) is 13.1. The maximum absolute atomic E-state index is 13.2. The lowest BCUT2D eigenvalue weighted by Crippen LogP contribution is -2.78. The van der Waals surface area contributed by atoms with Crippen LogP contribution < -0.4 is 9.47 Å². The Balaban J connectivity index is 1.49. The van der Waals surface area contributed by atoms with Crippen molar-refractivity contribution in [2.45, 2.75) is 54.3 Å². The SMILES string of the molecule is COc1ccc2c(c1OC)[C@]13CCN(C)[C@]14C[C@@H]2O[C@]4(OC)[C@H](OC)[C@H](OC(=O)/C=C/c1ccccc1)C3. The predicted molar refractivity (Wildman–Crippen MR) is 140 cm³/mol. The number of methoxy groups -OCH3 is 4. The second-order valence-corrected chi connectivity index (χ2v) is 10.6. The van der Waals surface area contributed by atoms with Gasteiger partial charge in [-0.25, -0.2) is 4.79 Å². The summed E-state index contributed by atoms with van der Waals surface area (Å²) in [4.78, 5) is 15.5. The van der Waals surface area contributed by atoms with Gasteiger partial charge in [-0.3, -0.25) is 4.90 Å². The molecule has 8 heteroatoms. The number of hydrogen-bond acceptors (Lipinski definition) is 8. The normalized spacial score (nSPS) is 35.1. The molecule has 6 rings (SSSR count). The average molecular weight is 522 g/mol. The van der Waals surface area contributed by atoms with Crippen LogP contribution >= 0.6 is 0 Å². The molecule has 38 heavy (non-hydrogen) atoms. The first-order chi connectivity index (χ1) is 18.4. The van der Waals surface area contributed by atoms with Crippen molar-refractivity contribution in [3.05, 3.63) is 65.2 Å². The molecule has 0 amide bonds. The van der Waals surface area contributed by atoms with Crippen molar-refractivity contribution in [3.63, 3.8) is 0 Å². The van der Waals surface area contributed by atoms with Gasteiger partial charge >= 0.3 is 5.97 Å². The molecular weight excluding hydrogens is 486 g/mol. The number of rotatable bonds is 7. The zero-order valence-electron chi connectivity index (χ0n) is 22.6. The van der Waals surface area contributed by atoms with Crippen LogP contribution in [0.5, 0.6) is 11.5 Å². The first kappa shape index (κ1) is 25.4. The van der Waals surface area contributed by atoms with Gasteiger partial charge in [0.2, 0.25) is 5.79 Å². The number of likely N-dealkylation sites (N-methyl/N-ethyl adjacent to an activating group) is 1. The third kappa shape index (κ3) is 3.09. The summed E-state index contributed by atoms with van der Waals surface area (Å²) in [5.74, 6) is -0.230. The fourth-order valence-corrected chi connectivity index (χ4v) is 8.07. The van der Waals surface area contributed by atoms with E-state index < -0.39 is 34.9 Å². The number of hydrogen-bond donors (Lipinski definition) is 0. The molecule has 2 aliphatic heterocycles. The summed E-state index contributed by atoms with van der Waals surface area (Å²) in [7, 11) is 8.75. The highest BCUT2D eigenvalue weighted by Gasteiger charge is 2.83. The Kier molecular flexibility index (Phi) is 6.07. The van der Waals surface area contributed by atoms with E-state index in [1.54, 1.807) is 34.5 Å². The van der Waals surface area contributed by atoms with E-state index in [1.807, 2.05) is 36.4 Å². The maximum Gasteiger partial charge on any atom is 0.331 e. The van der Waals surface area contributed by atoms with Gasteiger partial charge in [0.05, 0.1) is 25.9 Å². The van der Waals surface area contributed by atoms with Crippen LogP contribution in [0.25, 0.3) is 6.08 Å². The molecule has 0 N–H and O–H groups in total. The molecule has 2 saturated heterocycles.